The van der Waals surface area contributed by atoms with E-state index in [4.69, 9.17) is 0 Å². The molecule has 1 saturated heterocycles. The summed E-state index contributed by atoms with van der Waals surface area (Å²) < 4.78 is 12.9. The second-order valence-corrected chi connectivity index (χ2v) is 6.22. The third-order valence-electron chi connectivity index (χ3n) is 4.36. The lowest BCUT2D eigenvalue weighted by Gasteiger charge is -2.24. The highest BCUT2D eigenvalue weighted by atomic mass is 19.1. The van der Waals surface area contributed by atoms with Crippen LogP contribution in [0, 0.1) is 5.82 Å². The first-order chi connectivity index (χ1) is 11.2. The fraction of sp³-hybridized carbons (Fsp3) is 0.368. The SMILES string of the molecule is OC1CC(CNCc2ccc(F)cc2)N(Cc2ccccc2)C1. The molecule has 2 aromatic carbocycles. The fourth-order valence-electron chi connectivity index (χ4n) is 3.17. The Bertz CT molecular complexity index is 603. The minimum absolute atomic E-state index is 0.207. The Morgan fingerprint density at radius 2 is 1.78 bits per heavy atom. The molecule has 0 spiro atoms. The maximum Gasteiger partial charge on any atom is 0.123 e. The number of rotatable bonds is 6. The number of halogens is 1. The summed E-state index contributed by atoms with van der Waals surface area (Å²) >= 11 is 0. The molecule has 0 saturated carbocycles. The van der Waals surface area contributed by atoms with Gasteiger partial charge in [0.15, 0.2) is 0 Å². The minimum atomic E-state index is -0.253. The average molecular weight is 314 g/mol. The standard InChI is InChI=1S/C19H23FN2O/c20-17-8-6-15(7-9-17)11-21-12-18-10-19(23)14-22(18)13-16-4-2-1-3-5-16/h1-9,18-19,21,23H,10-14H2. The van der Waals surface area contributed by atoms with Crippen molar-refractivity contribution in [2.75, 3.05) is 13.1 Å². The van der Waals surface area contributed by atoms with Crippen LogP contribution in [0.25, 0.3) is 0 Å². The number of nitrogens with zero attached hydrogens (tertiary/aromatic N) is 1. The van der Waals surface area contributed by atoms with E-state index >= 15 is 0 Å². The van der Waals surface area contributed by atoms with E-state index in [0.717, 1.165) is 31.6 Å². The molecule has 0 aromatic heterocycles. The number of likely N-dealkylation sites (tertiary alicyclic amines) is 1. The zero-order valence-corrected chi connectivity index (χ0v) is 13.2. The Kier molecular flexibility index (Phi) is 5.39. The highest BCUT2D eigenvalue weighted by molar-refractivity contribution is 5.16. The normalized spacial score (nSPS) is 21.7. The first-order valence-electron chi connectivity index (χ1n) is 8.12. The van der Waals surface area contributed by atoms with Crippen LogP contribution < -0.4 is 5.32 Å². The molecule has 1 fully saturated rings. The van der Waals surface area contributed by atoms with Crippen LogP contribution >= 0.6 is 0 Å². The molecule has 3 nitrogen and oxygen atoms in total. The first-order valence-corrected chi connectivity index (χ1v) is 8.12. The third kappa shape index (κ3) is 4.61. The molecule has 2 unspecified atom stereocenters. The van der Waals surface area contributed by atoms with Gasteiger partial charge in [-0.2, -0.15) is 0 Å². The molecule has 2 aromatic rings. The smallest absolute Gasteiger partial charge is 0.123 e. The van der Waals surface area contributed by atoms with Gasteiger partial charge in [0.2, 0.25) is 0 Å². The zero-order valence-electron chi connectivity index (χ0n) is 13.2. The van der Waals surface area contributed by atoms with E-state index in [0.29, 0.717) is 12.6 Å². The molecule has 23 heavy (non-hydrogen) atoms. The molecule has 2 atom stereocenters. The number of aliphatic hydroxyl groups excluding tert-OH is 1. The van der Waals surface area contributed by atoms with Gasteiger partial charge < -0.3 is 10.4 Å². The lowest BCUT2D eigenvalue weighted by Crippen LogP contribution is -2.37. The van der Waals surface area contributed by atoms with Crippen molar-refractivity contribution < 1.29 is 9.50 Å². The van der Waals surface area contributed by atoms with Gasteiger partial charge in [0.05, 0.1) is 6.10 Å². The monoisotopic (exact) mass is 314 g/mol. The maximum absolute atomic E-state index is 12.9. The fourth-order valence-corrected chi connectivity index (χ4v) is 3.17. The molecule has 1 heterocycles. The summed E-state index contributed by atoms with van der Waals surface area (Å²) in [6, 6.07) is 17.2. The highest BCUT2D eigenvalue weighted by Crippen LogP contribution is 2.20. The molecule has 3 rings (SSSR count). The van der Waals surface area contributed by atoms with Crippen molar-refractivity contribution in [2.45, 2.75) is 31.7 Å². The van der Waals surface area contributed by atoms with Crippen LogP contribution in [-0.2, 0) is 13.1 Å². The lowest BCUT2D eigenvalue weighted by atomic mass is 10.1. The molecular weight excluding hydrogens is 291 g/mol. The number of hydrogen-bond acceptors (Lipinski definition) is 3. The number of benzene rings is 2. The molecule has 2 N–H and O–H groups in total. The molecule has 122 valence electrons. The predicted octanol–water partition coefficient (Wildman–Crippen LogP) is 2.55. The quantitative estimate of drug-likeness (QED) is 0.860. The summed E-state index contributed by atoms with van der Waals surface area (Å²) in [7, 11) is 0. The number of nitrogens with one attached hydrogen (secondary N) is 1. The van der Waals surface area contributed by atoms with Crippen LogP contribution in [0.1, 0.15) is 17.5 Å². The highest BCUT2D eigenvalue weighted by Gasteiger charge is 2.30. The summed E-state index contributed by atoms with van der Waals surface area (Å²) in [5, 5.41) is 13.4. The average Bonchev–Trinajstić information content (AvgIpc) is 2.90. The predicted molar refractivity (Wildman–Crippen MR) is 89.4 cm³/mol. The van der Waals surface area contributed by atoms with Gasteiger partial charge in [-0.05, 0) is 29.7 Å². The van der Waals surface area contributed by atoms with E-state index in [2.05, 4.69) is 22.3 Å². The van der Waals surface area contributed by atoms with Gasteiger partial charge in [-0.15, -0.1) is 0 Å². The lowest BCUT2D eigenvalue weighted by molar-refractivity contribution is 0.172. The van der Waals surface area contributed by atoms with Crippen LogP contribution in [0.5, 0.6) is 0 Å². The maximum atomic E-state index is 12.9. The van der Waals surface area contributed by atoms with Crippen LogP contribution in [0.15, 0.2) is 54.6 Å². The first kappa shape index (κ1) is 16.1. The summed E-state index contributed by atoms with van der Waals surface area (Å²) in [5.41, 5.74) is 2.34. The van der Waals surface area contributed by atoms with Gasteiger partial charge in [0.1, 0.15) is 5.82 Å². The van der Waals surface area contributed by atoms with Gasteiger partial charge >= 0.3 is 0 Å². The van der Waals surface area contributed by atoms with Gasteiger partial charge in [-0.1, -0.05) is 42.5 Å². The van der Waals surface area contributed by atoms with Crippen molar-refractivity contribution in [2.24, 2.45) is 0 Å². The molecule has 0 bridgehead atoms. The second-order valence-electron chi connectivity index (χ2n) is 6.22. The van der Waals surface area contributed by atoms with Crippen LogP contribution in [0.3, 0.4) is 0 Å². The molecule has 1 aliphatic heterocycles. The van der Waals surface area contributed by atoms with E-state index in [-0.39, 0.29) is 11.9 Å². The Morgan fingerprint density at radius 3 is 2.52 bits per heavy atom. The topological polar surface area (TPSA) is 35.5 Å². The zero-order chi connectivity index (χ0) is 16.1. The van der Waals surface area contributed by atoms with Gasteiger partial charge in [0, 0.05) is 32.2 Å². The summed E-state index contributed by atoms with van der Waals surface area (Å²) in [6.07, 6.45) is 0.541. The molecule has 0 amide bonds. The van der Waals surface area contributed by atoms with E-state index in [1.807, 2.05) is 18.2 Å². The van der Waals surface area contributed by atoms with Crippen molar-refractivity contribution in [3.8, 4) is 0 Å². The van der Waals surface area contributed by atoms with E-state index < -0.39 is 0 Å². The van der Waals surface area contributed by atoms with Crippen molar-refractivity contribution in [3.05, 3.63) is 71.5 Å². The van der Waals surface area contributed by atoms with Gasteiger partial charge in [-0.3, -0.25) is 4.90 Å². The van der Waals surface area contributed by atoms with Crippen molar-refractivity contribution in [1.82, 2.24) is 10.2 Å². The molecule has 4 heteroatoms. The molecule has 1 aliphatic rings. The van der Waals surface area contributed by atoms with Gasteiger partial charge in [-0.25, -0.2) is 4.39 Å². The van der Waals surface area contributed by atoms with E-state index in [9.17, 15) is 9.50 Å². The Morgan fingerprint density at radius 1 is 1.04 bits per heavy atom. The summed E-state index contributed by atoms with van der Waals surface area (Å²) in [4.78, 5) is 2.33. The van der Waals surface area contributed by atoms with E-state index in [1.165, 1.54) is 17.7 Å². The Hall–Kier alpha value is -1.75. The van der Waals surface area contributed by atoms with Crippen LogP contribution in [0.4, 0.5) is 4.39 Å². The number of β-amino-alcohol motifs (C(OH)–C–C–N with tert-alkyl or cyclic N) is 1. The largest absolute Gasteiger partial charge is 0.392 e. The van der Waals surface area contributed by atoms with Crippen LogP contribution in [0.2, 0.25) is 0 Å². The van der Waals surface area contributed by atoms with Crippen molar-refractivity contribution in [1.29, 1.82) is 0 Å². The van der Waals surface area contributed by atoms with Crippen molar-refractivity contribution >= 4 is 0 Å². The summed E-state index contributed by atoms with van der Waals surface area (Å²) in [5.74, 6) is -0.207. The minimum Gasteiger partial charge on any atom is -0.392 e. The molecule has 0 radical (unpaired) electrons. The summed E-state index contributed by atoms with van der Waals surface area (Å²) in [6.45, 7) is 3.12. The third-order valence-corrected chi connectivity index (χ3v) is 4.36. The van der Waals surface area contributed by atoms with E-state index in [1.54, 1.807) is 12.1 Å². The molecular formula is C19H23FN2O. The Labute approximate surface area is 136 Å². The second kappa shape index (κ2) is 7.68. The number of hydrogen-bond donors (Lipinski definition) is 2. The van der Waals surface area contributed by atoms with Gasteiger partial charge in [0.25, 0.3) is 0 Å². The Balaban J connectivity index is 1.52. The van der Waals surface area contributed by atoms with Crippen molar-refractivity contribution in [3.63, 3.8) is 0 Å². The number of aliphatic hydroxyl groups is 1. The molecule has 0 aliphatic carbocycles. The van der Waals surface area contributed by atoms with Crippen LogP contribution in [-0.4, -0.2) is 35.2 Å².